The highest BCUT2D eigenvalue weighted by atomic mass is 16.5. The van der Waals surface area contributed by atoms with Gasteiger partial charge in [-0.1, -0.05) is 12.1 Å². The number of esters is 1. The first-order chi connectivity index (χ1) is 11.7. The topological polar surface area (TPSA) is 63.2 Å². The third kappa shape index (κ3) is 4.88. The molecule has 1 aliphatic rings. The number of aliphatic imine (C=N–C) groups is 1. The number of nitrogens with zero attached hydrogens (tertiary/aromatic N) is 2. The molecular formula is C18H27N3O3. The van der Waals surface area contributed by atoms with E-state index >= 15 is 0 Å². The SMILES string of the molecule is CN=C(NCCc1cccc(OC)c1)N1CCC(C(=O)OC)CC1. The van der Waals surface area contributed by atoms with Gasteiger partial charge in [-0.3, -0.25) is 9.79 Å². The minimum absolute atomic E-state index is 0.0149. The van der Waals surface area contributed by atoms with Crippen molar-refractivity contribution in [2.45, 2.75) is 19.3 Å². The maximum Gasteiger partial charge on any atom is 0.308 e. The molecule has 6 nitrogen and oxygen atoms in total. The molecule has 1 saturated heterocycles. The number of carbonyl (C=O) groups excluding carboxylic acids is 1. The summed E-state index contributed by atoms with van der Waals surface area (Å²) in [6.07, 6.45) is 2.52. The number of guanidine groups is 1. The van der Waals surface area contributed by atoms with Crippen molar-refractivity contribution in [2.24, 2.45) is 10.9 Å². The second kappa shape index (κ2) is 9.15. The number of rotatable bonds is 5. The molecule has 1 aliphatic heterocycles. The van der Waals surface area contributed by atoms with Gasteiger partial charge in [-0.2, -0.15) is 0 Å². The molecule has 6 heteroatoms. The summed E-state index contributed by atoms with van der Waals surface area (Å²) in [6.45, 7) is 2.44. The van der Waals surface area contributed by atoms with Crippen molar-refractivity contribution in [3.05, 3.63) is 29.8 Å². The lowest BCUT2D eigenvalue weighted by Crippen LogP contribution is -2.47. The molecule has 0 bridgehead atoms. The number of piperidine rings is 1. The Morgan fingerprint density at radius 2 is 2.08 bits per heavy atom. The summed E-state index contributed by atoms with van der Waals surface area (Å²) in [4.78, 5) is 18.2. The minimum atomic E-state index is -0.101. The molecule has 1 N–H and O–H groups in total. The molecule has 0 unspecified atom stereocenters. The van der Waals surface area contributed by atoms with Crippen molar-refractivity contribution < 1.29 is 14.3 Å². The van der Waals surface area contributed by atoms with E-state index in [9.17, 15) is 4.79 Å². The summed E-state index contributed by atoms with van der Waals surface area (Å²) < 4.78 is 10.1. The van der Waals surface area contributed by atoms with Gasteiger partial charge in [0.2, 0.25) is 0 Å². The molecule has 1 aromatic carbocycles. The van der Waals surface area contributed by atoms with Crippen LogP contribution in [0.5, 0.6) is 5.75 Å². The van der Waals surface area contributed by atoms with Crippen LogP contribution >= 0.6 is 0 Å². The van der Waals surface area contributed by atoms with Gasteiger partial charge in [-0.25, -0.2) is 0 Å². The zero-order chi connectivity index (χ0) is 17.4. The Hall–Kier alpha value is -2.24. The molecule has 0 aromatic heterocycles. The fourth-order valence-electron chi connectivity index (χ4n) is 2.97. The third-order valence-electron chi connectivity index (χ3n) is 4.37. The zero-order valence-electron chi connectivity index (χ0n) is 14.7. The Kier molecular flexibility index (Phi) is 6.90. The van der Waals surface area contributed by atoms with Gasteiger partial charge in [-0.15, -0.1) is 0 Å². The summed E-state index contributed by atoms with van der Waals surface area (Å²) in [5.41, 5.74) is 1.22. The van der Waals surface area contributed by atoms with E-state index in [0.717, 1.165) is 50.6 Å². The molecular weight excluding hydrogens is 306 g/mol. The minimum Gasteiger partial charge on any atom is -0.497 e. The fraction of sp³-hybridized carbons (Fsp3) is 0.556. The number of likely N-dealkylation sites (tertiary alicyclic amines) is 1. The molecule has 1 heterocycles. The molecule has 0 amide bonds. The van der Waals surface area contributed by atoms with E-state index in [4.69, 9.17) is 9.47 Å². The van der Waals surface area contributed by atoms with Crippen molar-refractivity contribution in [1.82, 2.24) is 10.2 Å². The predicted molar refractivity (Wildman–Crippen MR) is 94.4 cm³/mol. The molecule has 132 valence electrons. The van der Waals surface area contributed by atoms with Gasteiger partial charge in [-0.05, 0) is 37.0 Å². The molecule has 0 aliphatic carbocycles. The van der Waals surface area contributed by atoms with Gasteiger partial charge < -0.3 is 19.7 Å². The van der Waals surface area contributed by atoms with Crippen molar-refractivity contribution in [1.29, 1.82) is 0 Å². The van der Waals surface area contributed by atoms with Gasteiger partial charge in [0.05, 0.1) is 20.1 Å². The summed E-state index contributed by atoms with van der Waals surface area (Å²) in [5.74, 6) is 1.68. The molecule has 0 spiro atoms. The van der Waals surface area contributed by atoms with Crippen molar-refractivity contribution in [3.8, 4) is 5.75 Å². The van der Waals surface area contributed by atoms with Crippen molar-refractivity contribution >= 4 is 11.9 Å². The first-order valence-corrected chi connectivity index (χ1v) is 8.34. The standard InChI is InChI=1S/C18H27N3O3/c1-19-18(21-11-8-15(9-12-21)17(22)24-3)20-10-7-14-5-4-6-16(13-14)23-2/h4-6,13,15H,7-12H2,1-3H3,(H,19,20). The molecule has 0 radical (unpaired) electrons. The van der Waals surface area contributed by atoms with Crippen LogP contribution in [-0.4, -0.2) is 57.7 Å². The van der Waals surface area contributed by atoms with Crippen LogP contribution in [0, 0.1) is 5.92 Å². The second-order valence-electron chi connectivity index (χ2n) is 5.86. The average molecular weight is 333 g/mol. The van der Waals surface area contributed by atoms with Gasteiger partial charge in [0.1, 0.15) is 5.75 Å². The maximum atomic E-state index is 11.6. The van der Waals surface area contributed by atoms with Crippen LogP contribution in [0.4, 0.5) is 0 Å². The highest BCUT2D eigenvalue weighted by molar-refractivity contribution is 5.80. The molecule has 1 fully saturated rings. The van der Waals surface area contributed by atoms with Crippen LogP contribution in [-0.2, 0) is 16.0 Å². The summed E-state index contributed by atoms with van der Waals surface area (Å²) >= 11 is 0. The Balaban J connectivity index is 1.79. The first kappa shape index (κ1) is 18.1. The Morgan fingerprint density at radius 1 is 1.33 bits per heavy atom. The number of carbonyl (C=O) groups is 1. The number of benzene rings is 1. The van der Waals surface area contributed by atoms with Crippen molar-refractivity contribution in [3.63, 3.8) is 0 Å². The molecule has 24 heavy (non-hydrogen) atoms. The summed E-state index contributed by atoms with van der Waals surface area (Å²) in [5, 5.41) is 3.40. The van der Waals surface area contributed by atoms with E-state index in [2.05, 4.69) is 21.3 Å². The van der Waals surface area contributed by atoms with E-state index in [1.807, 2.05) is 18.2 Å². The number of methoxy groups -OCH3 is 2. The van der Waals surface area contributed by atoms with Crippen LogP contribution in [0.15, 0.2) is 29.3 Å². The number of nitrogens with one attached hydrogen (secondary N) is 1. The molecule has 2 rings (SSSR count). The second-order valence-corrected chi connectivity index (χ2v) is 5.86. The fourth-order valence-corrected chi connectivity index (χ4v) is 2.97. The Bertz CT molecular complexity index is 566. The van der Waals surface area contributed by atoms with Crippen LogP contribution in [0.2, 0.25) is 0 Å². The van der Waals surface area contributed by atoms with E-state index in [0.29, 0.717) is 0 Å². The zero-order valence-corrected chi connectivity index (χ0v) is 14.7. The summed E-state index contributed by atoms with van der Waals surface area (Å²) in [6, 6.07) is 8.09. The lowest BCUT2D eigenvalue weighted by molar-refractivity contribution is -0.146. The first-order valence-electron chi connectivity index (χ1n) is 8.34. The highest BCUT2D eigenvalue weighted by Gasteiger charge is 2.26. The van der Waals surface area contributed by atoms with E-state index in [-0.39, 0.29) is 11.9 Å². The quantitative estimate of drug-likeness (QED) is 0.505. The Morgan fingerprint density at radius 3 is 2.71 bits per heavy atom. The number of ether oxygens (including phenoxy) is 2. The average Bonchev–Trinajstić information content (AvgIpc) is 2.65. The van der Waals surface area contributed by atoms with Gasteiger partial charge >= 0.3 is 5.97 Å². The van der Waals surface area contributed by atoms with E-state index < -0.39 is 0 Å². The number of hydrogen-bond acceptors (Lipinski definition) is 4. The smallest absolute Gasteiger partial charge is 0.308 e. The van der Waals surface area contributed by atoms with E-state index in [1.165, 1.54) is 12.7 Å². The highest BCUT2D eigenvalue weighted by Crippen LogP contribution is 2.18. The summed E-state index contributed by atoms with van der Waals surface area (Å²) in [7, 11) is 4.92. The third-order valence-corrected chi connectivity index (χ3v) is 4.37. The van der Waals surface area contributed by atoms with Crippen LogP contribution in [0.25, 0.3) is 0 Å². The predicted octanol–water partition coefficient (Wildman–Crippen LogP) is 1.70. The van der Waals surface area contributed by atoms with Crippen LogP contribution in [0.1, 0.15) is 18.4 Å². The maximum absolute atomic E-state index is 11.6. The van der Waals surface area contributed by atoms with Crippen LogP contribution in [0.3, 0.4) is 0 Å². The van der Waals surface area contributed by atoms with Gasteiger partial charge in [0.15, 0.2) is 5.96 Å². The largest absolute Gasteiger partial charge is 0.497 e. The van der Waals surface area contributed by atoms with Crippen molar-refractivity contribution in [2.75, 3.05) is 40.9 Å². The molecule has 0 atom stereocenters. The van der Waals surface area contributed by atoms with Gasteiger partial charge in [0.25, 0.3) is 0 Å². The molecule has 0 saturated carbocycles. The Labute approximate surface area is 143 Å². The normalized spacial score (nSPS) is 16.0. The monoisotopic (exact) mass is 333 g/mol. The lowest BCUT2D eigenvalue weighted by atomic mass is 9.97. The van der Waals surface area contributed by atoms with E-state index in [1.54, 1.807) is 14.2 Å². The lowest BCUT2D eigenvalue weighted by Gasteiger charge is -2.33. The molecule has 1 aromatic rings. The van der Waals surface area contributed by atoms with Crippen LogP contribution < -0.4 is 10.1 Å². The number of hydrogen-bond donors (Lipinski definition) is 1. The van der Waals surface area contributed by atoms with Gasteiger partial charge in [0, 0.05) is 26.7 Å².